The minimum absolute atomic E-state index is 0.844. The van der Waals surface area contributed by atoms with E-state index in [1.165, 1.54) is 4.70 Å². The van der Waals surface area contributed by atoms with Gasteiger partial charge in [0.15, 0.2) is 0 Å². The van der Waals surface area contributed by atoms with E-state index in [1.54, 1.807) is 11.3 Å². The molecule has 2 nitrogen and oxygen atoms in total. The molecule has 3 heteroatoms. The zero-order valence-corrected chi connectivity index (χ0v) is 9.38. The maximum Gasteiger partial charge on any atom is 0.0812 e. The SMILES string of the molecule is CCOCC.c1ccc2scnc2c1. The Morgan fingerprint density at radius 1 is 1.21 bits per heavy atom. The number of hydrogen-bond acceptors (Lipinski definition) is 3. The van der Waals surface area contributed by atoms with Gasteiger partial charge in [-0.3, -0.25) is 0 Å². The predicted octanol–water partition coefficient (Wildman–Crippen LogP) is 3.34. The van der Waals surface area contributed by atoms with Gasteiger partial charge >= 0.3 is 0 Å². The van der Waals surface area contributed by atoms with Crippen LogP contribution < -0.4 is 0 Å². The first-order valence-electron chi connectivity index (χ1n) is 4.74. The summed E-state index contributed by atoms with van der Waals surface area (Å²) in [4.78, 5) is 4.14. The number of ether oxygens (including phenoxy) is 1. The minimum Gasteiger partial charge on any atom is -0.382 e. The summed E-state index contributed by atoms with van der Waals surface area (Å²) in [6.45, 7) is 5.67. The highest BCUT2D eigenvalue weighted by Gasteiger charge is 1.89. The molecule has 0 fully saturated rings. The van der Waals surface area contributed by atoms with Crippen molar-refractivity contribution in [3.63, 3.8) is 0 Å². The number of para-hydroxylation sites is 1. The molecule has 2 rings (SSSR count). The van der Waals surface area contributed by atoms with Crippen LogP contribution in [0.1, 0.15) is 13.8 Å². The van der Waals surface area contributed by atoms with Gasteiger partial charge in [0.25, 0.3) is 0 Å². The van der Waals surface area contributed by atoms with E-state index in [4.69, 9.17) is 4.74 Å². The van der Waals surface area contributed by atoms with Gasteiger partial charge in [-0.15, -0.1) is 11.3 Å². The molecule has 0 unspecified atom stereocenters. The van der Waals surface area contributed by atoms with Crippen LogP contribution >= 0.6 is 11.3 Å². The molecule has 0 spiro atoms. The molecule has 0 aliphatic heterocycles. The van der Waals surface area contributed by atoms with Gasteiger partial charge in [0.2, 0.25) is 0 Å². The third-order valence-corrected chi connectivity index (χ3v) is 2.45. The Hall–Kier alpha value is -0.930. The molecule has 0 saturated heterocycles. The second-order valence-corrected chi connectivity index (χ2v) is 3.49. The summed E-state index contributed by atoms with van der Waals surface area (Å²) in [6.07, 6.45) is 0. The largest absolute Gasteiger partial charge is 0.382 e. The molecule has 0 aliphatic rings. The number of rotatable bonds is 2. The van der Waals surface area contributed by atoms with E-state index in [1.807, 2.05) is 37.6 Å². The average molecular weight is 209 g/mol. The van der Waals surface area contributed by atoms with Crippen LogP contribution in [0.4, 0.5) is 0 Å². The topological polar surface area (TPSA) is 22.1 Å². The number of nitrogens with zero attached hydrogens (tertiary/aromatic N) is 1. The lowest BCUT2D eigenvalue weighted by Gasteiger charge is -1.86. The lowest BCUT2D eigenvalue weighted by atomic mass is 10.3. The summed E-state index contributed by atoms with van der Waals surface area (Å²) < 4.78 is 6.09. The van der Waals surface area contributed by atoms with Crippen LogP contribution in [0.5, 0.6) is 0 Å². The van der Waals surface area contributed by atoms with Gasteiger partial charge in [-0.05, 0) is 26.0 Å². The van der Waals surface area contributed by atoms with Gasteiger partial charge in [0, 0.05) is 13.2 Å². The fourth-order valence-electron chi connectivity index (χ4n) is 1.01. The van der Waals surface area contributed by atoms with Gasteiger partial charge in [0.1, 0.15) is 0 Å². The number of fused-ring (bicyclic) bond motifs is 1. The Balaban J connectivity index is 0.000000171. The van der Waals surface area contributed by atoms with Crippen LogP contribution in [0, 0.1) is 0 Å². The van der Waals surface area contributed by atoms with Crippen molar-refractivity contribution in [2.24, 2.45) is 0 Å². The third kappa shape index (κ3) is 3.44. The van der Waals surface area contributed by atoms with Crippen LogP contribution in [0.25, 0.3) is 10.2 Å². The fourth-order valence-corrected chi connectivity index (χ4v) is 1.69. The second-order valence-electron chi connectivity index (χ2n) is 2.60. The first kappa shape index (κ1) is 11.1. The molecule has 0 N–H and O–H groups in total. The molecule has 0 bridgehead atoms. The Labute approximate surface area is 88.6 Å². The first-order valence-corrected chi connectivity index (χ1v) is 5.62. The van der Waals surface area contributed by atoms with E-state index >= 15 is 0 Å². The van der Waals surface area contributed by atoms with Crippen molar-refractivity contribution in [2.75, 3.05) is 13.2 Å². The highest BCUT2D eigenvalue weighted by atomic mass is 32.1. The standard InChI is InChI=1S/C7H5NS.C4H10O/c1-2-4-7-6(3-1)8-5-9-7;1-3-5-4-2/h1-5H;3-4H2,1-2H3. The lowest BCUT2D eigenvalue weighted by Crippen LogP contribution is -1.84. The average Bonchev–Trinajstić information content (AvgIpc) is 2.67. The van der Waals surface area contributed by atoms with E-state index in [2.05, 4.69) is 11.1 Å². The van der Waals surface area contributed by atoms with Gasteiger partial charge in [-0.2, -0.15) is 0 Å². The van der Waals surface area contributed by atoms with Crippen LogP contribution in [0.3, 0.4) is 0 Å². The fraction of sp³-hybridized carbons (Fsp3) is 0.364. The summed E-state index contributed by atoms with van der Waals surface area (Å²) in [5, 5.41) is 0. The van der Waals surface area contributed by atoms with Crippen LogP contribution in [-0.2, 0) is 4.74 Å². The number of hydrogen-bond donors (Lipinski definition) is 0. The van der Waals surface area contributed by atoms with Gasteiger partial charge < -0.3 is 4.74 Å². The molecule has 0 atom stereocenters. The lowest BCUT2D eigenvalue weighted by molar-refractivity contribution is 0.162. The Kier molecular flexibility index (Phi) is 5.19. The zero-order chi connectivity index (χ0) is 10.2. The molecule has 14 heavy (non-hydrogen) atoms. The summed E-state index contributed by atoms with van der Waals surface area (Å²) in [6, 6.07) is 8.13. The molecule has 0 radical (unpaired) electrons. The van der Waals surface area contributed by atoms with E-state index in [0.717, 1.165) is 18.7 Å². The van der Waals surface area contributed by atoms with Crippen molar-refractivity contribution in [3.05, 3.63) is 29.8 Å². The highest BCUT2D eigenvalue weighted by molar-refractivity contribution is 7.16. The van der Waals surface area contributed by atoms with Crippen molar-refractivity contribution >= 4 is 21.6 Å². The first-order chi connectivity index (χ1) is 6.88. The third-order valence-electron chi connectivity index (χ3n) is 1.64. The number of thiazole rings is 1. The van der Waals surface area contributed by atoms with Crippen molar-refractivity contribution in [1.29, 1.82) is 0 Å². The molecule has 1 aromatic carbocycles. The Morgan fingerprint density at radius 2 is 1.93 bits per heavy atom. The minimum atomic E-state index is 0.844. The summed E-state index contributed by atoms with van der Waals surface area (Å²) in [7, 11) is 0. The van der Waals surface area contributed by atoms with Gasteiger partial charge in [-0.1, -0.05) is 12.1 Å². The highest BCUT2D eigenvalue weighted by Crippen LogP contribution is 2.15. The quantitative estimate of drug-likeness (QED) is 0.756. The molecular formula is C11H15NOS. The van der Waals surface area contributed by atoms with Crippen molar-refractivity contribution in [2.45, 2.75) is 13.8 Å². The second kappa shape index (κ2) is 6.51. The molecule has 1 heterocycles. The molecular weight excluding hydrogens is 194 g/mol. The molecule has 2 aromatic rings. The zero-order valence-electron chi connectivity index (χ0n) is 8.56. The van der Waals surface area contributed by atoms with Gasteiger partial charge in [0.05, 0.1) is 15.7 Å². The monoisotopic (exact) mass is 209 g/mol. The normalized spacial score (nSPS) is 9.57. The van der Waals surface area contributed by atoms with Crippen molar-refractivity contribution < 1.29 is 4.74 Å². The maximum atomic E-state index is 4.83. The summed E-state index contributed by atoms with van der Waals surface area (Å²) >= 11 is 1.68. The van der Waals surface area contributed by atoms with Crippen LogP contribution in [0.15, 0.2) is 29.8 Å². The number of aromatic nitrogens is 1. The van der Waals surface area contributed by atoms with E-state index in [9.17, 15) is 0 Å². The van der Waals surface area contributed by atoms with Crippen LogP contribution in [-0.4, -0.2) is 18.2 Å². The number of benzene rings is 1. The Bertz CT molecular complexity index is 327. The molecule has 0 saturated carbocycles. The molecule has 0 aliphatic carbocycles. The summed E-state index contributed by atoms with van der Waals surface area (Å²) in [5.41, 5.74) is 2.97. The predicted molar refractivity (Wildman–Crippen MR) is 61.8 cm³/mol. The maximum absolute atomic E-state index is 4.83. The van der Waals surface area contributed by atoms with Crippen LogP contribution in [0.2, 0.25) is 0 Å². The van der Waals surface area contributed by atoms with E-state index in [0.29, 0.717) is 0 Å². The molecule has 76 valence electrons. The molecule has 0 amide bonds. The molecule has 1 aromatic heterocycles. The van der Waals surface area contributed by atoms with Gasteiger partial charge in [-0.25, -0.2) is 4.98 Å². The summed E-state index contributed by atoms with van der Waals surface area (Å²) in [5.74, 6) is 0. The van der Waals surface area contributed by atoms with E-state index < -0.39 is 0 Å². The smallest absolute Gasteiger partial charge is 0.0812 e. The van der Waals surface area contributed by atoms with E-state index in [-0.39, 0.29) is 0 Å². The van der Waals surface area contributed by atoms with Crippen molar-refractivity contribution in [3.8, 4) is 0 Å². The van der Waals surface area contributed by atoms with Crippen molar-refractivity contribution in [1.82, 2.24) is 4.98 Å². The Morgan fingerprint density at radius 3 is 2.50 bits per heavy atom.